The summed E-state index contributed by atoms with van der Waals surface area (Å²) < 4.78 is 19.3. The molecule has 0 aliphatic carbocycles. The number of aryl methyl sites for hydroxylation is 1. The van der Waals surface area contributed by atoms with E-state index in [9.17, 15) is 9.18 Å². The van der Waals surface area contributed by atoms with Gasteiger partial charge >= 0.3 is 5.97 Å². The molecule has 21 heavy (non-hydrogen) atoms. The summed E-state index contributed by atoms with van der Waals surface area (Å²) in [6, 6.07) is 9.36. The highest BCUT2D eigenvalue weighted by molar-refractivity contribution is 6.32. The highest BCUT2D eigenvalue weighted by Gasteiger charge is 2.08. The summed E-state index contributed by atoms with van der Waals surface area (Å²) in [5.41, 5.74) is 1.40. The third-order valence-corrected chi connectivity index (χ3v) is 2.98. The van der Waals surface area contributed by atoms with Gasteiger partial charge in [-0.1, -0.05) is 23.7 Å². The van der Waals surface area contributed by atoms with Crippen LogP contribution in [0.3, 0.4) is 0 Å². The van der Waals surface area contributed by atoms with Crippen molar-refractivity contribution < 1.29 is 19.0 Å². The lowest BCUT2D eigenvalue weighted by atomic mass is 10.2. The maximum absolute atomic E-state index is 13.9. The summed E-state index contributed by atoms with van der Waals surface area (Å²) in [6.07, 6.45) is 2.24. The first-order valence-corrected chi connectivity index (χ1v) is 6.48. The molecule has 2 rings (SSSR count). The molecule has 0 aliphatic heterocycles. The fourth-order valence-corrected chi connectivity index (χ4v) is 1.95. The number of hydrogen-bond donors (Lipinski definition) is 1. The van der Waals surface area contributed by atoms with E-state index < -0.39 is 11.8 Å². The number of carboxylic acid groups (broad SMARTS) is 1. The van der Waals surface area contributed by atoms with E-state index in [4.69, 9.17) is 21.4 Å². The first-order valence-electron chi connectivity index (χ1n) is 6.10. The monoisotopic (exact) mass is 306 g/mol. The van der Waals surface area contributed by atoms with Crippen molar-refractivity contribution in [1.82, 2.24) is 0 Å². The number of halogens is 2. The van der Waals surface area contributed by atoms with Crippen molar-refractivity contribution >= 4 is 23.6 Å². The number of benzene rings is 2. The second kappa shape index (κ2) is 6.41. The molecule has 2 aromatic carbocycles. The van der Waals surface area contributed by atoms with Crippen LogP contribution in [0, 0.1) is 12.7 Å². The van der Waals surface area contributed by atoms with Crippen LogP contribution in [-0.4, -0.2) is 11.1 Å². The minimum Gasteiger partial charge on any atom is -0.478 e. The van der Waals surface area contributed by atoms with Gasteiger partial charge in [-0.25, -0.2) is 9.18 Å². The molecule has 0 amide bonds. The number of rotatable bonds is 4. The Morgan fingerprint density at radius 3 is 2.57 bits per heavy atom. The zero-order chi connectivity index (χ0) is 15.4. The molecule has 0 radical (unpaired) electrons. The Balaban J connectivity index is 2.23. The molecule has 0 spiro atoms. The normalized spacial score (nSPS) is 10.8. The van der Waals surface area contributed by atoms with Crippen molar-refractivity contribution in [3.8, 4) is 11.5 Å². The Hall–Kier alpha value is -2.33. The molecule has 0 bridgehead atoms. The zero-order valence-corrected chi connectivity index (χ0v) is 11.9. The van der Waals surface area contributed by atoms with Gasteiger partial charge in [-0.2, -0.15) is 0 Å². The summed E-state index contributed by atoms with van der Waals surface area (Å²) >= 11 is 6.02. The van der Waals surface area contributed by atoms with Gasteiger partial charge in [-0.3, -0.25) is 0 Å². The Bertz CT molecular complexity index is 711. The third-order valence-electron chi connectivity index (χ3n) is 2.68. The maximum atomic E-state index is 13.9. The highest BCUT2D eigenvalue weighted by atomic mass is 35.5. The fraction of sp³-hybridized carbons (Fsp3) is 0.0625. The highest BCUT2D eigenvalue weighted by Crippen LogP contribution is 2.31. The largest absolute Gasteiger partial charge is 0.478 e. The smallest absolute Gasteiger partial charge is 0.328 e. The molecule has 2 aromatic rings. The van der Waals surface area contributed by atoms with Crippen molar-refractivity contribution in [2.24, 2.45) is 0 Å². The van der Waals surface area contributed by atoms with Crippen molar-refractivity contribution in [3.63, 3.8) is 0 Å². The van der Waals surface area contributed by atoms with Gasteiger partial charge in [0.2, 0.25) is 0 Å². The lowest BCUT2D eigenvalue weighted by molar-refractivity contribution is -0.131. The molecule has 1 N–H and O–H groups in total. The Labute approximate surface area is 126 Å². The second-order valence-corrected chi connectivity index (χ2v) is 4.80. The van der Waals surface area contributed by atoms with Gasteiger partial charge in [-0.05, 0) is 48.4 Å². The van der Waals surface area contributed by atoms with E-state index in [2.05, 4.69) is 0 Å². The minimum absolute atomic E-state index is 0.0215. The summed E-state index contributed by atoms with van der Waals surface area (Å²) in [6.45, 7) is 1.89. The summed E-state index contributed by atoms with van der Waals surface area (Å²) in [5.74, 6) is -1.32. The molecular weight excluding hydrogens is 295 g/mol. The van der Waals surface area contributed by atoms with Gasteiger partial charge in [0, 0.05) is 6.08 Å². The topological polar surface area (TPSA) is 46.5 Å². The number of carboxylic acids is 1. The van der Waals surface area contributed by atoms with Crippen LogP contribution in [0.4, 0.5) is 4.39 Å². The van der Waals surface area contributed by atoms with Gasteiger partial charge in [0.05, 0.1) is 5.02 Å². The Morgan fingerprint density at radius 1 is 1.24 bits per heavy atom. The van der Waals surface area contributed by atoms with Gasteiger partial charge < -0.3 is 9.84 Å². The van der Waals surface area contributed by atoms with Gasteiger partial charge in [0.1, 0.15) is 5.75 Å². The molecule has 3 nitrogen and oxygen atoms in total. The summed E-state index contributed by atoms with van der Waals surface area (Å²) in [5, 5.41) is 8.92. The van der Waals surface area contributed by atoms with Gasteiger partial charge in [0.15, 0.2) is 11.6 Å². The van der Waals surface area contributed by atoms with Crippen LogP contribution in [0.25, 0.3) is 6.08 Å². The lowest BCUT2D eigenvalue weighted by Gasteiger charge is -2.09. The molecular formula is C16H12ClFO3. The van der Waals surface area contributed by atoms with Crippen molar-refractivity contribution in [2.75, 3.05) is 0 Å². The third kappa shape index (κ3) is 4.07. The molecule has 0 saturated carbocycles. The molecule has 0 fully saturated rings. The predicted octanol–water partition coefficient (Wildman–Crippen LogP) is 4.68. The maximum Gasteiger partial charge on any atom is 0.328 e. The van der Waals surface area contributed by atoms with E-state index in [0.29, 0.717) is 16.3 Å². The number of hydrogen-bond acceptors (Lipinski definition) is 2. The van der Waals surface area contributed by atoms with Crippen LogP contribution in [0.2, 0.25) is 5.02 Å². The standard InChI is InChI=1S/C16H12ClFO3/c1-10-2-5-14(12(17)8-10)21-15-6-3-11(9-13(15)18)4-7-16(19)20/h2-9H,1H3,(H,19,20). The van der Waals surface area contributed by atoms with E-state index in [1.54, 1.807) is 18.2 Å². The molecule has 108 valence electrons. The van der Waals surface area contributed by atoms with Crippen LogP contribution >= 0.6 is 11.6 Å². The first kappa shape index (κ1) is 15.1. The molecule has 0 unspecified atom stereocenters. The lowest BCUT2D eigenvalue weighted by Crippen LogP contribution is -1.91. The van der Waals surface area contributed by atoms with Crippen molar-refractivity contribution in [2.45, 2.75) is 6.92 Å². The minimum atomic E-state index is -1.10. The van der Waals surface area contributed by atoms with Crippen LogP contribution in [0.15, 0.2) is 42.5 Å². The molecule has 0 atom stereocenters. The van der Waals surface area contributed by atoms with Crippen LogP contribution in [0.5, 0.6) is 11.5 Å². The van der Waals surface area contributed by atoms with E-state index in [0.717, 1.165) is 11.6 Å². The average molecular weight is 307 g/mol. The van der Waals surface area contributed by atoms with Gasteiger partial charge in [0.25, 0.3) is 0 Å². The van der Waals surface area contributed by atoms with Crippen LogP contribution in [0.1, 0.15) is 11.1 Å². The molecule has 0 aromatic heterocycles. The van der Waals surface area contributed by atoms with E-state index >= 15 is 0 Å². The Kier molecular flexibility index (Phi) is 4.60. The van der Waals surface area contributed by atoms with Crippen molar-refractivity contribution in [3.05, 3.63) is 64.4 Å². The number of aliphatic carboxylic acids is 1. The van der Waals surface area contributed by atoms with E-state index in [1.807, 2.05) is 13.0 Å². The molecule has 0 saturated heterocycles. The zero-order valence-electron chi connectivity index (χ0n) is 11.1. The van der Waals surface area contributed by atoms with Crippen molar-refractivity contribution in [1.29, 1.82) is 0 Å². The summed E-state index contributed by atoms with van der Waals surface area (Å²) in [7, 11) is 0. The summed E-state index contributed by atoms with van der Waals surface area (Å²) in [4.78, 5) is 10.4. The van der Waals surface area contributed by atoms with Gasteiger partial charge in [-0.15, -0.1) is 0 Å². The van der Waals surface area contributed by atoms with Crippen LogP contribution < -0.4 is 4.74 Å². The number of carbonyl (C=O) groups is 1. The predicted molar refractivity (Wildman–Crippen MR) is 79.3 cm³/mol. The average Bonchev–Trinajstić information content (AvgIpc) is 2.42. The number of ether oxygens (including phenoxy) is 1. The second-order valence-electron chi connectivity index (χ2n) is 4.40. The Morgan fingerprint density at radius 2 is 1.95 bits per heavy atom. The molecule has 0 aliphatic rings. The fourth-order valence-electron chi connectivity index (χ4n) is 1.68. The SMILES string of the molecule is Cc1ccc(Oc2ccc(C=CC(=O)O)cc2F)c(Cl)c1. The molecule has 5 heteroatoms. The van der Waals surface area contributed by atoms with E-state index in [-0.39, 0.29) is 5.75 Å². The first-order chi connectivity index (χ1) is 9.95. The quantitative estimate of drug-likeness (QED) is 0.834. The molecule has 0 heterocycles. The van der Waals surface area contributed by atoms with Crippen LogP contribution in [-0.2, 0) is 4.79 Å². The van der Waals surface area contributed by atoms with E-state index in [1.165, 1.54) is 18.2 Å².